The van der Waals surface area contributed by atoms with E-state index in [1.807, 2.05) is 44.2 Å². The van der Waals surface area contributed by atoms with Gasteiger partial charge in [0.2, 0.25) is 0 Å². The molecule has 7 heteroatoms. The maximum Gasteiger partial charge on any atom is 0.186 e. The molecule has 104 valence electrons. The van der Waals surface area contributed by atoms with Crippen molar-refractivity contribution < 1.29 is 0 Å². The van der Waals surface area contributed by atoms with Crippen molar-refractivity contribution in [1.82, 2.24) is 19.8 Å². The van der Waals surface area contributed by atoms with Crippen LogP contribution in [0.5, 0.6) is 0 Å². The van der Waals surface area contributed by atoms with E-state index in [0.717, 1.165) is 11.1 Å². The molecule has 0 bridgehead atoms. The Labute approximate surface area is 120 Å². The molecule has 0 spiro atoms. The van der Waals surface area contributed by atoms with Crippen molar-refractivity contribution in [2.24, 2.45) is 10.2 Å². The van der Waals surface area contributed by atoms with Gasteiger partial charge in [-0.3, -0.25) is 0 Å². The largest absolute Gasteiger partial charge is 0.380 e. The summed E-state index contributed by atoms with van der Waals surface area (Å²) >= 11 is 0. The fourth-order valence-corrected chi connectivity index (χ4v) is 2.58. The van der Waals surface area contributed by atoms with E-state index < -0.39 is 5.54 Å². The van der Waals surface area contributed by atoms with Crippen molar-refractivity contribution in [3.05, 3.63) is 35.9 Å². The Hall–Kier alpha value is -2.83. The second-order valence-electron chi connectivity index (χ2n) is 5.49. The van der Waals surface area contributed by atoms with Crippen LogP contribution < -0.4 is 5.73 Å². The Morgan fingerprint density at radius 3 is 2.62 bits per heavy atom. The van der Waals surface area contributed by atoms with E-state index in [2.05, 4.69) is 25.5 Å². The first-order chi connectivity index (χ1) is 10.1. The van der Waals surface area contributed by atoms with Gasteiger partial charge >= 0.3 is 0 Å². The third-order valence-corrected chi connectivity index (χ3v) is 3.60. The van der Waals surface area contributed by atoms with E-state index >= 15 is 0 Å². The molecular formula is C14H13N7. The number of rotatable bonds is 1. The van der Waals surface area contributed by atoms with Gasteiger partial charge in [0.15, 0.2) is 17.3 Å². The minimum absolute atomic E-state index is 0.337. The Balaban J connectivity index is 2.07. The highest BCUT2D eigenvalue weighted by Gasteiger charge is 2.35. The van der Waals surface area contributed by atoms with E-state index in [9.17, 15) is 0 Å². The molecule has 1 aliphatic heterocycles. The van der Waals surface area contributed by atoms with Crippen LogP contribution in [0.2, 0.25) is 0 Å². The number of nitrogen functional groups attached to an aromatic ring is 1. The second-order valence-corrected chi connectivity index (χ2v) is 5.49. The molecule has 1 aromatic carbocycles. The maximum absolute atomic E-state index is 6.02. The summed E-state index contributed by atoms with van der Waals surface area (Å²) < 4.78 is 1.67. The fourth-order valence-electron chi connectivity index (χ4n) is 2.58. The van der Waals surface area contributed by atoms with Gasteiger partial charge in [-0.1, -0.05) is 30.3 Å². The van der Waals surface area contributed by atoms with Crippen molar-refractivity contribution in [3.63, 3.8) is 0 Å². The molecule has 1 aliphatic rings. The van der Waals surface area contributed by atoms with Crippen molar-refractivity contribution in [2.45, 2.75) is 19.4 Å². The molecule has 2 aromatic heterocycles. The minimum atomic E-state index is -0.478. The molecule has 2 N–H and O–H groups in total. The number of fused-ring (bicyclic) bond motifs is 3. The monoisotopic (exact) mass is 279 g/mol. The summed E-state index contributed by atoms with van der Waals surface area (Å²) in [7, 11) is 0. The van der Waals surface area contributed by atoms with Crippen LogP contribution in [0.15, 0.2) is 40.6 Å². The molecule has 0 unspecified atom stereocenters. The molecule has 0 saturated carbocycles. The molecule has 0 saturated heterocycles. The molecule has 3 aromatic rings. The molecule has 0 atom stereocenters. The summed E-state index contributed by atoms with van der Waals surface area (Å²) in [5, 5.41) is 21.3. The van der Waals surface area contributed by atoms with E-state index in [1.54, 1.807) is 4.52 Å². The van der Waals surface area contributed by atoms with Crippen molar-refractivity contribution in [1.29, 1.82) is 0 Å². The van der Waals surface area contributed by atoms with Crippen LogP contribution in [0.25, 0.3) is 17.0 Å². The lowest BCUT2D eigenvalue weighted by Gasteiger charge is -2.14. The molecule has 0 aliphatic carbocycles. The third-order valence-electron chi connectivity index (χ3n) is 3.60. The Morgan fingerprint density at radius 2 is 1.86 bits per heavy atom. The predicted molar refractivity (Wildman–Crippen MR) is 78.2 cm³/mol. The maximum atomic E-state index is 6.02. The van der Waals surface area contributed by atoms with Crippen LogP contribution in [-0.2, 0) is 5.54 Å². The average molecular weight is 279 g/mol. The Bertz CT molecular complexity index is 877. The van der Waals surface area contributed by atoms with E-state index in [-0.39, 0.29) is 0 Å². The molecule has 21 heavy (non-hydrogen) atoms. The molecular weight excluding hydrogens is 266 g/mol. The second kappa shape index (κ2) is 3.85. The molecule has 0 amide bonds. The first kappa shape index (κ1) is 12.0. The number of nitrogens with two attached hydrogens (primary N) is 1. The van der Waals surface area contributed by atoms with Gasteiger partial charge in [-0.25, -0.2) is 0 Å². The highest BCUT2D eigenvalue weighted by molar-refractivity contribution is 5.75. The topological polar surface area (TPSA) is 93.8 Å². The van der Waals surface area contributed by atoms with Gasteiger partial charge in [0.25, 0.3) is 0 Å². The summed E-state index contributed by atoms with van der Waals surface area (Å²) in [4.78, 5) is 0. The Morgan fingerprint density at radius 1 is 1.10 bits per heavy atom. The van der Waals surface area contributed by atoms with Crippen LogP contribution >= 0.6 is 0 Å². The van der Waals surface area contributed by atoms with Gasteiger partial charge in [0.1, 0.15) is 11.2 Å². The van der Waals surface area contributed by atoms with Crippen LogP contribution in [0, 0.1) is 0 Å². The molecule has 4 rings (SSSR count). The summed E-state index contributed by atoms with van der Waals surface area (Å²) in [5.41, 5.74) is 8.59. The SMILES string of the molecule is CC1(C)N=Nc2c(N)nn3c(-c4ccccc4)nnc3c21. The van der Waals surface area contributed by atoms with E-state index in [1.165, 1.54) is 0 Å². The number of aromatic nitrogens is 4. The van der Waals surface area contributed by atoms with Crippen molar-refractivity contribution in [3.8, 4) is 11.4 Å². The van der Waals surface area contributed by atoms with Crippen LogP contribution in [0.3, 0.4) is 0 Å². The normalized spacial score (nSPS) is 15.5. The lowest BCUT2D eigenvalue weighted by atomic mass is 9.96. The van der Waals surface area contributed by atoms with Crippen LogP contribution in [0.1, 0.15) is 19.4 Å². The highest BCUT2D eigenvalue weighted by atomic mass is 15.4. The zero-order chi connectivity index (χ0) is 14.6. The molecule has 3 heterocycles. The van der Waals surface area contributed by atoms with Gasteiger partial charge in [-0.05, 0) is 13.8 Å². The third kappa shape index (κ3) is 1.57. The summed E-state index contributed by atoms with van der Waals surface area (Å²) in [6.07, 6.45) is 0. The quantitative estimate of drug-likeness (QED) is 0.741. The van der Waals surface area contributed by atoms with E-state index in [0.29, 0.717) is 23.0 Å². The average Bonchev–Trinajstić information content (AvgIpc) is 3.01. The van der Waals surface area contributed by atoms with Gasteiger partial charge in [0.05, 0.1) is 5.56 Å². The van der Waals surface area contributed by atoms with Gasteiger partial charge in [-0.15, -0.1) is 15.3 Å². The van der Waals surface area contributed by atoms with E-state index in [4.69, 9.17) is 5.73 Å². The smallest absolute Gasteiger partial charge is 0.186 e. The number of hydrogen-bond acceptors (Lipinski definition) is 6. The first-order valence-corrected chi connectivity index (χ1v) is 6.61. The summed E-state index contributed by atoms with van der Waals surface area (Å²) in [6.45, 7) is 3.94. The number of hydrogen-bond donors (Lipinski definition) is 1. The molecule has 7 nitrogen and oxygen atoms in total. The first-order valence-electron chi connectivity index (χ1n) is 6.61. The highest BCUT2D eigenvalue weighted by Crippen LogP contribution is 2.44. The lowest BCUT2D eigenvalue weighted by Crippen LogP contribution is -2.14. The Kier molecular flexibility index (Phi) is 2.19. The zero-order valence-corrected chi connectivity index (χ0v) is 11.6. The number of nitrogens with zero attached hydrogens (tertiary/aromatic N) is 6. The van der Waals surface area contributed by atoms with Crippen LogP contribution in [0.4, 0.5) is 11.5 Å². The minimum Gasteiger partial charge on any atom is -0.380 e. The number of azo groups is 1. The predicted octanol–water partition coefficient (Wildman–Crippen LogP) is 2.71. The lowest BCUT2D eigenvalue weighted by molar-refractivity contribution is 0.556. The standard InChI is InChI=1S/C14H13N7/c1-14(2)9-10(16-20-14)11(15)19-21-12(17-18-13(9)21)8-6-4-3-5-7-8/h3-7H,1-2H3,(H2,15,19). The van der Waals surface area contributed by atoms with Crippen LogP contribution in [-0.4, -0.2) is 19.8 Å². The van der Waals surface area contributed by atoms with Gasteiger partial charge in [-0.2, -0.15) is 14.7 Å². The summed E-state index contributed by atoms with van der Waals surface area (Å²) in [5.74, 6) is 0.992. The molecule has 0 fully saturated rings. The molecule has 0 radical (unpaired) electrons. The van der Waals surface area contributed by atoms with Gasteiger partial charge < -0.3 is 5.73 Å². The zero-order valence-electron chi connectivity index (χ0n) is 11.6. The van der Waals surface area contributed by atoms with Crippen molar-refractivity contribution in [2.75, 3.05) is 5.73 Å². The summed E-state index contributed by atoms with van der Waals surface area (Å²) in [6, 6.07) is 9.76. The van der Waals surface area contributed by atoms with Gasteiger partial charge in [0, 0.05) is 5.56 Å². The van der Waals surface area contributed by atoms with Crippen molar-refractivity contribution >= 4 is 17.2 Å². The fraction of sp³-hybridized carbons (Fsp3) is 0.214. The number of anilines is 1. The number of benzene rings is 1.